The molecule has 0 aliphatic carbocycles. The lowest BCUT2D eigenvalue weighted by Gasteiger charge is -2.17. The Labute approximate surface area is 114 Å². The van der Waals surface area contributed by atoms with E-state index >= 15 is 0 Å². The van der Waals surface area contributed by atoms with Gasteiger partial charge in [-0.05, 0) is 18.1 Å². The van der Waals surface area contributed by atoms with E-state index in [4.69, 9.17) is 9.47 Å². The summed E-state index contributed by atoms with van der Waals surface area (Å²) in [6, 6.07) is 8.27. The quantitative estimate of drug-likeness (QED) is 0.821. The van der Waals surface area contributed by atoms with Crippen LogP contribution in [0.25, 0.3) is 0 Å². The highest BCUT2D eigenvalue weighted by molar-refractivity contribution is 5.74. The lowest BCUT2D eigenvalue weighted by Crippen LogP contribution is -2.24. The average molecular weight is 263 g/mol. The lowest BCUT2D eigenvalue weighted by molar-refractivity contribution is -0.147. The minimum atomic E-state index is -0.0986. The van der Waals surface area contributed by atoms with Gasteiger partial charge in [-0.25, -0.2) is 0 Å². The van der Waals surface area contributed by atoms with Gasteiger partial charge in [-0.1, -0.05) is 24.3 Å². The number of ether oxygens (including phenoxy) is 2. The van der Waals surface area contributed by atoms with Gasteiger partial charge in [0.15, 0.2) is 0 Å². The summed E-state index contributed by atoms with van der Waals surface area (Å²) in [4.78, 5) is 11.9. The third kappa shape index (κ3) is 3.33. The summed E-state index contributed by atoms with van der Waals surface area (Å²) in [5.41, 5.74) is 2.33. The molecule has 4 heteroatoms. The molecule has 19 heavy (non-hydrogen) atoms. The number of nitrogens with one attached hydrogen (secondary N) is 1. The number of esters is 1. The van der Waals surface area contributed by atoms with Crippen LogP contribution in [0.3, 0.4) is 0 Å². The van der Waals surface area contributed by atoms with E-state index < -0.39 is 0 Å². The molecular weight excluding hydrogens is 242 g/mol. The molecule has 2 atom stereocenters. The Morgan fingerprint density at radius 3 is 2.68 bits per heavy atom. The Morgan fingerprint density at radius 2 is 2.05 bits per heavy atom. The lowest BCUT2D eigenvalue weighted by atomic mass is 9.88. The summed E-state index contributed by atoms with van der Waals surface area (Å²) in [5, 5.41) is 3.27. The SMILES string of the molecule is CCOC(=O)C1CNCC1c1ccc(COC)cc1. The van der Waals surface area contributed by atoms with Crippen molar-refractivity contribution in [3.63, 3.8) is 0 Å². The molecule has 1 N–H and O–H groups in total. The number of hydrogen-bond donors (Lipinski definition) is 1. The zero-order valence-corrected chi connectivity index (χ0v) is 11.5. The third-order valence-electron chi connectivity index (χ3n) is 3.52. The Hall–Kier alpha value is -1.39. The van der Waals surface area contributed by atoms with Crippen LogP contribution < -0.4 is 5.32 Å². The van der Waals surface area contributed by atoms with Gasteiger partial charge in [0.1, 0.15) is 0 Å². The van der Waals surface area contributed by atoms with E-state index in [2.05, 4.69) is 29.6 Å². The highest BCUT2D eigenvalue weighted by Gasteiger charge is 2.34. The maximum absolute atomic E-state index is 11.9. The fourth-order valence-electron chi connectivity index (χ4n) is 2.55. The van der Waals surface area contributed by atoms with Crippen molar-refractivity contribution in [2.45, 2.75) is 19.4 Å². The molecule has 1 aromatic rings. The number of carbonyl (C=O) groups is 1. The van der Waals surface area contributed by atoms with E-state index in [9.17, 15) is 4.79 Å². The predicted molar refractivity (Wildman–Crippen MR) is 72.9 cm³/mol. The second kappa shape index (κ2) is 6.68. The van der Waals surface area contributed by atoms with E-state index in [0.29, 0.717) is 19.8 Å². The second-order valence-electron chi connectivity index (χ2n) is 4.80. The fourth-order valence-corrected chi connectivity index (χ4v) is 2.55. The van der Waals surface area contributed by atoms with Gasteiger partial charge in [0.2, 0.25) is 0 Å². The summed E-state index contributed by atoms with van der Waals surface area (Å²) in [5.74, 6) is 0.0299. The normalized spacial score (nSPS) is 22.4. The zero-order chi connectivity index (χ0) is 13.7. The first-order valence-electron chi connectivity index (χ1n) is 6.71. The molecule has 0 spiro atoms. The molecule has 0 bridgehead atoms. The van der Waals surface area contributed by atoms with E-state index in [1.807, 2.05) is 6.92 Å². The van der Waals surface area contributed by atoms with Crippen molar-refractivity contribution in [1.29, 1.82) is 0 Å². The fraction of sp³-hybridized carbons (Fsp3) is 0.533. The van der Waals surface area contributed by atoms with Crippen molar-refractivity contribution in [2.75, 3.05) is 26.8 Å². The van der Waals surface area contributed by atoms with Crippen LogP contribution in [0.2, 0.25) is 0 Å². The highest BCUT2D eigenvalue weighted by Crippen LogP contribution is 2.29. The zero-order valence-electron chi connectivity index (χ0n) is 11.5. The number of hydrogen-bond acceptors (Lipinski definition) is 4. The van der Waals surface area contributed by atoms with Crippen molar-refractivity contribution in [1.82, 2.24) is 5.32 Å². The molecule has 0 aromatic heterocycles. The van der Waals surface area contributed by atoms with Crippen LogP contribution in [0.4, 0.5) is 0 Å². The van der Waals surface area contributed by atoms with Crippen molar-refractivity contribution in [3.8, 4) is 0 Å². The van der Waals surface area contributed by atoms with Gasteiger partial charge in [0, 0.05) is 26.1 Å². The Bertz CT molecular complexity index is 416. The maximum atomic E-state index is 11.9. The molecule has 0 amide bonds. The molecule has 4 nitrogen and oxygen atoms in total. The summed E-state index contributed by atoms with van der Waals surface area (Å²) in [6.45, 7) is 4.42. The highest BCUT2D eigenvalue weighted by atomic mass is 16.5. The topological polar surface area (TPSA) is 47.6 Å². The molecule has 2 rings (SSSR count). The van der Waals surface area contributed by atoms with Crippen molar-refractivity contribution in [2.24, 2.45) is 5.92 Å². The third-order valence-corrected chi connectivity index (χ3v) is 3.52. The molecule has 1 fully saturated rings. The summed E-state index contributed by atoms with van der Waals surface area (Å²) in [7, 11) is 1.69. The molecule has 1 heterocycles. The molecule has 1 aliphatic heterocycles. The van der Waals surface area contributed by atoms with Gasteiger partial charge in [0.25, 0.3) is 0 Å². The summed E-state index contributed by atoms with van der Waals surface area (Å²) >= 11 is 0. The van der Waals surface area contributed by atoms with Crippen molar-refractivity contribution in [3.05, 3.63) is 35.4 Å². The first-order chi connectivity index (χ1) is 9.26. The smallest absolute Gasteiger partial charge is 0.310 e. The second-order valence-corrected chi connectivity index (χ2v) is 4.80. The minimum absolute atomic E-state index is 0.0757. The van der Waals surface area contributed by atoms with Crippen LogP contribution in [0.15, 0.2) is 24.3 Å². The maximum Gasteiger partial charge on any atom is 0.310 e. The Kier molecular flexibility index (Phi) is 4.93. The van der Waals surface area contributed by atoms with Crippen LogP contribution in [0.5, 0.6) is 0 Å². The van der Waals surface area contributed by atoms with Crippen LogP contribution in [-0.4, -0.2) is 32.8 Å². The van der Waals surface area contributed by atoms with Gasteiger partial charge in [-0.3, -0.25) is 4.79 Å². The summed E-state index contributed by atoms with van der Waals surface area (Å²) < 4.78 is 10.2. The number of benzene rings is 1. The predicted octanol–water partition coefficient (Wildman–Crippen LogP) is 1.70. The van der Waals surface area contributed by atoms with Gasteiger partial charge >= 0.3 is 5.97 Å². The molecule has 1 aliphatic rings. The van der Waals surface area contributed by atoms with E-state index in [-0.39, 0.29) is 17.8 Å². The largest absolute Gasteiger partial charge is 0.466 e. The first-order valence-corrected chi connectivity index (χ1v) is 6.71. The number of rotatable bonds is 5. The van der Waals surface area contributed by atoms with Crippen LogP contribution in [0, 0.1) is 5.92 Å². The van der Waals surface area contributed by atoms with Crippen molar-refractivity contribution >= 4 is 5.97 Å². The van der Waals surface area contributed by atoms with Gasteiger partial charge in [0.05, 0.1) is 19.1 Å². The van der Waals surface area contributed by atoms with Gasteiger partial charge < -0.3 is 14.8 Å². The van der Waals surface area contributed by atoms with Crippen LogP contribution >= 0.6 is 0 Å². The van der Waals surface area contributed by atoms with E-state index in [1.54, 1.807) is 7.11 Å². The van der Waals surface area contributed by atoms with Crippen LogP contribution in [-0.2, 0) is 20.9 Å². The first kappa shape index (κ1) is 14.0. The standard InChI is InChI=1S/C15H21NO3/c1-3-19-15(17)14-9-16-8-13(14)12-6-4-11(5-7-12)10-18-2/h4-7,13-14,16H,3,8-10H2,1-2H3. The molecule has 1 aromatic carbocycles. The van der Waals surface area contributed by atoms with Crippen molar-refractivity contribution < 1.29 is 14.3 Å². The van der Waals surface area contributed by atoms with E-state index in [1.165, 1.54) is 5.56 Å². The molecule has 0 radical (unpaired) electrons. The Balaban J connectivity index is 2.09. The van der Waals surface area contributed by atoms with E-state index in [0.717, 1.165) is 12.1 Å². The minimum Gasteiger partial charge on any atom is -0.466 e. The molecular formula is C15H21NO3. The number of methoxy groups -OCH3 is 1. The number of carbonyl (C=O) groups excluding carboxylic acids is 1. The Morgan fingerprint density at radius 1 is 1.32 bits per heavy atom. The molecule has 104 valence electrons. The van der Waals surface area contributed by atoms with Gasteiger partial charge in [-0.2, -0.15) is 0 Å². The van der Waals surface area contributed by atoms with Gasteiger partial charge in [-0.15, -0.1) is 0 Å². The molecule has 0 saturated carbocycles. The summed E-state index contributed by atoms with van der Waals surface area (Å²) in [6.07, 6.45) is 0. The average Bonchev–Trinajstić information content (AvgIpc) is 2.89. The monoisotopic (exact) mass is 263 g/mol. The molecule has 2 unspecified atom stereocenters. The molecule has 1 saturated heterocycles. The van der Waals surface area contributed by atoms with Crippen LogP contribution in [0.1, 0.15) is 24.0 Å².